The van der Waals surface area contributed by atoms with Crippen LogP contribution < -0.4 is 5.32 Å². The van der Waals surface area contributed by atoms with E-state index < -0.39 is 10.9 Å². The number of nitrogens with zero attached hydrogens (tertiary/aromatic N) is 1. The van der Waals surface area contributed by atoms with Crippen LogP contribution in [-0.4, -0.2) is 22.0 Å². The number of carbonyl (C=O) groups is 1. The molecule has 0 radical (unpaired) electrons. The highest BCUT2D eigenvalue weighted by Gasteiger charge is 2.26. The Labute approximate surface area is 104 Å². The molecule has 0 bridgehead atoms. The van der Waals surface area contributed by atoms with Gasteiger partial charge in [-0.3, -0.25) is 10.1 Å². The fourth-order valence-electron chi connectivity index (χ4n) is 2.21. The second-order valence-electron chi connectivity index (χ2n) is 4.71. The van der Waals surface area contributed by atoms with Crippen LogP contribution in [0, 0.1) is 16.0 Å². The minimum atomic E-state index is -1.28. The lowest BCUT2D eigenvalue weighted by Crippen LogP contribution is -2.33. The van der Waals surface area contributed by atoms with Gasteiger partial charge in [0.1, 0.15) is 5.56 Å². The van der Waals surface area contributed by atoms with Gasteiger partial charge in [-0.15, -0.1) is 0 Å². The molecular weight excluding hydrogens is 236 g/mol. The smallest absolute Gasteiger partial charge is 0.342 e. The Morgan fingerprint density at radius 3 is 2.67 bits per heavy atom. The first kappa shape index (κ1) is 12.3. The Balaban J connectivity index is 2.20. The van der Waals surface area contributed by atoms with Gasteiger partial charge in [-0.2, -0.15) is 0 Å². The molecule has 1 aliphatic carbocycles. The van der Waals surface area contributed by atoms with E-state index in [1.807, 2.05) is 0 Å². The predicted molar refractivity (Wildman–Crippen MR) is 65.9 cm³/mol. The molecule has 1 fully saturated rings. The largest absolute Gasteiger partial charge is 0.477 e. The van der Waals surface area contributed by atoms with Crippen LogP contribution in [0.1, 0.15) is 30.1 Å². The lowest BCUT2D eigenvalue weighted by atomic mass is 9.82. The summed E-state index contributed by atoms with van der Waals surface area (Å²) >= 11 is 0. The summed E-state index contributed by atoms with van der Waals surface area (Å²) in [5, 5.41) is 22.8. The Kier molecular flexibility index (Phi) is 3.18. The minimum absolute atomic E-state index is 0.280. The number of aromatic carboxylic acids is 1. The summed E-state index contributed by atoms with van der Waals surface area (Å²) < 4.78 is 0. The van der Waals surface area contributed by atoms with Gasteiger partial charge in [0, 0.05) is 17.8 Å². The third-order valence-electron chi connectivity index (χ3n) is 3.17. The van der Waals surface area contributed by atoms with E-state index in [4.69, 9.17) is 5.11 Å². The molecule has 0 aromatic heterocycles. The average molecular weight is 250 g/mol. The number of benzene rings is 1. The normalized spacial score (nSPS) is 22.1. The highest BCUT2D eigenvalue weighted by molar-refractivity contribution is 5.93. The summed E-state index contributed by atoms with van der Waals surface area (Å²) in [4.78, 5) is 21.0. The molecule has 1 aromatic rings. The van der Waals surface area contributed by atoms with Crippen LogP contribution >= 0.6 is 0 Å². The summed E-state index contributed by atoms with van der Waals surface area (Å²) in [5.74, 6) is -0.605. The molecule has 96 valence electrons. The van der Waals surface area contributed by atoms with E-state index in [1.54, 1.807) is 6.07 Å². The quantitative estimate of drug-likeness (QED) is 0.632. The van der Waals surface area contributed by atoms with E-state index in [0.29, 0.717) is 17.6 Å². The minimum Gasteiger partial charge on any atom is -0.477 e. The Morgan fingerprint density at radius 2 is 2.17 bits per heavy atom. The van der Waals surface area contributed by atoms with Crippen molar-refractivity contribution in [3.05, 3.63) is 33.9 Å². The summed E-state index contributed by atoms with van der Waals surface area (Å²) in [7, 11) is 0. The van der Waals surface area contributed by atoms with Gasteiger partial charge >= 0.3 is 5.97 Å². The van der Waals surface area contributed by atoms with E-state index in [1.165, 1.54) is 12.1 Å². The maximum Gasteiger partial charge on any atom is 0.342 e. The first-order valence-corrected chi connectivity index (χ1v) is 5.75. The third-order valence-corrected chi connectivity index (χ3v) is 3.17. The van der Waals surface area contributed by atoms with Crippen molar-refractivity contribution < 1.29 is 14.8 Å². The number of hydrogen-bond donors (Lipinski definition) is 2. The summed E-state index contributed by atoms with van der Waals surface area (Å²) in [5.41, 5.74) is -0.0395. The molecule has 0 aliphatic heterocycles. The standard InChI is InChI=1S/C12H14N2O4/c1-7-4-9(5-7)13-8-2-3-11(14(17)18)10(6-8)12(15)16/h2-3,6-7,9,13H,4-5H2,1H3,(H,15,16). The topological polar surface area (TPSA) is 92.5 Å². The van der Waals surface area contributed by atoms with Crippen LogP contribution in [0.3, 0.4) is 0 Å². The molecule has 1 aromatic carbocycles. The zero-order chi connectivity index (χ0) is 13.3. The van der Waals surface area contributed by atoms with Gasteiger partial charge in [-0.1, -0.05) is 6.92 Å². The predicted octanol–water partition coefficient (Wildman–Crippen LogP) is 2.50. The molecule has 1 saturated carbocycles. The van der Waals surface area contributed by atoms with Crippen LogP contribution in [-0.2, 0) is 0 Å². The van der Waals surface area contributed by atoms with Crippen molar-refractivity contribution >= 4 is 17.3 Å². The van der Waals surface area contributed by atoms with Gasteiger partial charge in [-0.25, -0.2) is 4.79 Å². The molecule has 0 spiro atoms. The zero-order valence-electron chi connectivity index (χ0n) is 9.92. The Morgan fingerprint density at radius 1 is 1.50 bits per heavy atom. The zero-order valence-corrected chi connectivity index (χ0v) is 9.92. The lowest BCUT2D eigenvalue weighted by molar-refractivity contribution is -0.385. The van der Waals surface area contributed by atoms with Gasteiger partial charge in [0.15, 0.2) is 0 Å². The molecular formula is C12H14N2O4. The van der Waals surface area contributed by atoms with E-state index in [-0.39, 0.29) is 11.3 Å². The molecule has 6 nitrogen and oxygen atoms in total. The van der Waals surface area contributed by atoms with Crippen LogP contribution in [0.5, 0.6) is 0 Å². The average Bonchev–Trinajstić information content (AvgIpc) is 2.26. The summed E-state index contributed by atoms with van der Waals surface area (Å²) in [6, 6.07) is 4.44. The molecule has 0 atom stereocenters. The van der Waals surface area contributed by atoms with Gasteiger partial charge in [0.05, 0.1) is 4.92 Å². The van der Waals surface area contributed by atoms with E-state index in [0.717, 1.165) is 12.8 Å². The second-order valence-corrected chi connectivity index (χ2v) is 4.71. The van der Waals surface area contributed by atoms with Crippen molar-refractivity contribution in [2.75, 3.05) is 5.32 Å². The Hall–Kier alpha value is -2.11. The van der Waals surface area contributed by atoms with Crippen LogP contribution in [0.4, 0.5) is 11.4 Å². The van der Waals surface area contributed by atoms with Crippen molar-refractivity contribution in [2.24, 2.45) is 5.92 Å². The van der Waals surface area contributed by atoms with Crippen LogP contribution in [0.2, 0.25) is 0 Å². The number of carboxylic acid groups (broad SMARTS) is 1. The van der Waals surface area contributed by atoms with E-state index in [9.17, 15) is 14.9 Å². The first-order chi connectivity index (χ1) is 8.47. The SMILES string of the molecule is CC1CC(Nc2ccc([N+](=O)[O-])c(C(=O)O)c2)C1. The number of carboxylic acids is 1. The third kappa shape index (κ3) is 2.42. The van der Waals surface area contributed by atoms with Gasteiger partial charge < -0.3 is 10.4 Å². The maximum absolute atomic E-state index is 11.0. The molecule has 0 heterocycles. The molecule has 2 rings (SSSR count). The molecule has 18 heavy (non-hydrogen) atoms. The first-order valence-electron chi connectivity index (χ1n) is 5.75. The number of nitrogens with one attached hydrogen (secondary N) is 1. The lowest BCUT2D eigenvalue weighted by Gasteiger charge is -2.34. The monoisotopic (exact) mass is 250 g/mol. The number of hydrogen-bond acceptors (Lipinski definition) is 4. The molecule has 0 unspecified atom stereocenters. The number of nitro benzene ring substituents is 1. The molecule has 1 aliphatic rings. The molecule has 2 N–H and O–H groups in total. The summed E-state index contributed by atoms with van der Waals surface area (Å²) in [6.45, 7) is 2.15. The number of nitro groups is 1. The van der Waals surface area contributed by atoms with Gasteiger partial charge in [0.25, 0.3) is 5.69 Å². The van der Waals surface area contributed by atoms with Crippen LogP contribution in [0.25, 0.3) is 0 Å². The van der Waals surface area contributed by atoms with Crippen molar-refractivity contribution in [3.63, 3.8) is 0 Å². The van der Waals surface area contributed by atoms with E-state index in [2.05, 4.69) is 12.2 Å². The summed E-state index contributed by atoms with van der Waals surface area (Å²) in [6.07, 6.45) is 2.08. The van der Waals surface area contributed by atoms with Gasteiger partial charge in [0.2, 0.25) is 0 Å². The second kappa shape index (κ2) is 4.64. The highest BCUT2D eigenvalue weighted by Crippen LogP contribution is 2.31. The van der Waals surface area contributed by atoms with Crippen molar-refractivity contribution in [3.8, 4) is 0 Å². The Bertz CT molecular complexity index is 495. The van der Waals surface area contributed by atoms with E-state index >= 15 is 0 Å². The highest BCUT2D eigenvalue weighted by atomic mass is 16.6. The van der Waals surface area contributed by atoms with Crippen molar-refractivity contribution in [1.29, 1.82) is 0 Å². The molecule has 0 saturated heterocycles. The molecule has 6 heteroatoms. The fraction of sp³-hybridized carbons (Fsp3) is 0.417. The maximum atomic E-state index is 11.0. The number of rotatable bonds is 4. The molecule has 0 amide bonds. The fourth-order valence-corrected chi connectivity index (χ4v) is 2.21. The van der Waals surface area contributed by atoms with Crippen molar-refractivity contribution in [2.45, 2.75) is 25.8 Å². The van der Waals surface area contributed by atoms with Gasteiger partial charge in [-0.05, 0) is 30.9 Å². The number of anilines is 1. The van der Waals surface area contributed by atoms with Crippen molar-refractivity contribution in [1.82, 2.24) is 0 Å². The van der Waals surface area contributed by atoms with Crippen LogP contribution in [0.15, 0.2) is 18.2 Å².